The first kappa shape index (κ1) is 12.6. The lowest BCUT2D eigenvalue weighted by atomic mass is 10.3. The molecule has 0 aliphatic carbocycles. The summed E-state index contributed by atoms with van der Waals surface area (Å²) in [4.78, 5) is 22.9. The SMILES string of the molecule is CN(C)CCCNC(=CC=O)C(N)=O. The summed E-state index contributed by atoms with van der Waals surface area (Å²) in [6.45, 7) is 1.54. The minimum atomic E-state index is -0.609. The van der Waals surface area contributed by atoms with Gasteiger partial charge in [0.15, 0.2) is 0 Å². The van der Waals surface area contributed by atoms with Gasteiger partial charge in [0.1, 0.15) is 12.0 Å². The normalized spacial score (nSPS) is 11.5. The van der Waals surface area contributed by atoms with E-state index in [0.717, 1.165) is 19.0 Å². The van der Waals surface area contributed by atoms with Crippen molar-refractivity contribution < 1.29 is 9.59 Å². The minimum Gasteiger partial charge on any atom is -0.380 e. The predicted molar refractivity (Wildman–Crippen MR) is 54.5 cm³/mol. The van der Waals surface area contributed by atoms with Crippen LogP contribution in [0.3, 0.4) is 0 Å². The molecule has 5 nitrogen and oxygen atoms in total. The third-order valence-corrected chi connectivity index (χ3v) is 1.60. The van der Waals surface area contributed by atoms with Crippen molar-refractivity contribution in [2.75, 3.05) is 27.2 Å². The number of aldehydes is 1. The molecule has 14 heavy (non-hydrogen) atoms. The monoisotopic (exact) mass is 199 g/mol. The van der Waals surface area contributed by atoms with Crippen LogP contribution in [0.5, 0.6) is 0 Å². The fourth-order valence-corrected chi connectivity index (χ4v) is 0.915. The van der Waals surface area contributed by atoms with Crippen LogP contribution in [0.4, 0.5) is 0 Å². The zero-order valence-corrected chi connectivity index (χ0v) is 8.62. The van der Waals surface area contributed by atoms with E-state index in [0.29, 0.717) is 12.8 Å². The van der Waals surface area contributed by atoms with E-state index in [1.807, 2.05) is 19.0 Å². The fraction of sp³-hybridized carbons (Fsp3) is 0.556. The summed E-state index contributed by atoms with van der Waals surface area (Å²) in [5, 5.41) is 2.80. The van der Waals surface area contributed by atoms with Crippen molar-refractivity contribution in [3.63, 3.8) is 0 Å². The highest BCUT2D eigenvalue weighted by molar-refractivity contribution is 5.94. The smallest absolute Gasteiger partial charge is 0.264 e. The van der Waals surface area contributed by atoms with Gasteiger partial charge in [-0.05, 0) is 27.1 Å². The highest BCUT2D eigenvalue weighted by Crippen LogP contribution is 1.87. The van der Waals surface area contributed by atoms with Crippen LogP contribution in [0, 0.1) is 0 Å². The van der Waals surface area contributed by atoms with Gasteiger partial charge in [0.05, 0.1) is 0 Å². The first-order chi connectivity index (χ1) is 6.57. The second-order valence-electron chi connectivity index (χ2n) is 3.16. The largest absolute Gasteiger partial charge is 0.380 e. The van der Waals surface area contributed by atoms with E-state index in [4.69, 9.17) is 5.73 Å². The molecule has 0 unspecified atom stereocenters. The molecule has 0 heterocycles. The molecule has 0 aromatic carbocycles. The topological polar surface area (TPSA) is 75.4 Å². The van der Waals surface area contributed by atoms with Crippen molar-refractivity contribution in [3.8, 4) is 0 Å². The van der Waals surface area contributed by atoms with E-state index in [-0.39, 0.29) is 5.70 Å². The lowest BCUT2D eigenvalue weighted by molar-refractivity contribution is -0.115. The van der Waals surface area contributed by atoms with Crippen LogP contribution in [0.25, 0.3) is 0 Å². The van der Waals surface area contributed by atoms with Gasteiger partial charge in [-0.3, -0.25) is 9.59 Å². The summed E-state index contributed by atoms with van der Waals surface area (Å²) in [6.07, 6.45) is 2.56. The Bertz CT molecular complexity index is 224. The van der Waals surface area contributed by atoms with Gasteiger partial charge in [-0.2, -0.15) is 0 Å². The first-order valence-electron chi connectivity index (χ1n) is 4.41. The van der Waals surface area contributed by atoms with Gasteiger partial charge < -0.3 is 16.0 Å². The van der Waals surface area contributed by atoms with Crippen molar-refractivity contribution in [2.45, 2.75) is 6.42 Å². The Morgan fingerprint density at radius 2 is 2.14 bits per heavy atom. The molecular weight excluding hydrogens is 182 g/mol. The Hall–Kier alpha value is -1.36. The third kappa shape index (κ3) is 6.19. The molecule has 80 valence electrons. The zero-order chi connectivity index (χ0) is 11.0. The van der Waals surface area contributed by atoms with Gasteiger partial charge in [-0.25, -0.2) is 0 Å². The molecular formula is C9H17N3O2. The summed E-state index contributed by atoms with van der Waals surface area (Å²) in [6, 6.07) is 0. The second kappa shape index (κ2) is 7.08. The maximum absolute atomic E-state index is 10.7. The van der Waals surface area contributed by atoms with E-state index >= 15 is 0 Å². The summed E-state index contributed by atoms with van der Waals surface area (Å²) < 4.78 is 0. The number of nitrogens with one attached hydrogen (secondary N) is 1. The summed E-state index contributed by atoms with van der Waals surface area (Å²) in [5.74, 6) is -0.609. The number of hydrogen-bond donors (Lipinski definition) is 2. The van der Waals surface area contributed by atoms with Gasteiger partial charge in [0.2, 0.25) is 0 Å². The molecule has 0 rings (SSSR count). The molecule has 0 aromatic heterocycles. The molecule has 0 aliphatic rings. The molecule has 0 fully saturated rings. The Labute approximate surface area is 83.9 Å². The molecule has 3 N–H and O–H groups in total. The summed E-state index contributed by atoms with van der Waals surface area (Å²) in [7, 11) is 3.94. The van der Waals surface area contributed by atoms with Crippen LogP contribution in [0.15, 0.2) is 11.8 Å². The Morgan fingerprint density at radius 1 is 1.50 bits per heavy atom. The number of allylic oxidation sites excluding steroid dienone is 1. The number of hydrogen-bond acceptors (Lipinski definition) is 4. The minimum absolute atomic E-state index is 0.166. The van der Waals surface area contributed by atoms with Crippen molar-refractivity contribution >= 4 is 12.2 Å². The van der Waals surface area contributed by atoms with E-state index < -0.39 is 5.91 Å². The highest BCUT2D eigenvalue weighted by atomic mass is 16.1. The van der Waals surface area contributed by atoms with Crippen molar-refractivity contribution in [1.29, 1.82) is 0 Å². The van der Waals surface area contributed by atoms with Gasteiger partial charge in [-0.1, -0.05) is 0 Å². The van der Waals surface area contributed by atoms with Crippen LogP contribution < -0.4 is 11.1 Å². The number of rotatable bonds is 7. The Kier molecular flexibility index (Phi) is 6.39. The summed E-state index contributed by atoms with van der Waals surface area (Å²) in [5.41, 5.74) is 5.19. The Morgan fingerprint density at radius 3 is 2.57 bits per heavy atom. The number of amides is 1. The van der Waals surface area contributed by atoms with Crippen LogP contribution in [-0.4, -0.2) is 44.3 Å². The van der Waals surface area contributed by atoms with E-state index in [2.05, 4.69) is 5.32 Å². The molecule has 0 bridgehead atoms. The number of nitrogens with zero attached hydrogens (tertiary/aromatic N) is 1. The van der Waals surface area contributed by atoms with E-state index in [9.17, 15) is 9.59 Å². The summed E-state index contributed by atoms with van der Waals surface area (Å²) >= 11 is 0. The van der Waals surface area contributed by atoms with Gasteiger partial charge >= 0.3 is 0 Å². The molecule has 0 aliphatic heterocycles. The number of carbonyl (C=O) groups is 2. The van der Waals surface area contributed by atoms with Crippen LogP contribution in [0.2, 0.25) is 0 Å². The molecule has 0 spiro atoms. The molecule has 0 saturated carbocycles. The predicted octanol–water partition coefficient (Wildman–Crippen LogP) is -0.904. The van der Waals surface area contributed by atoms with Crippen LogP contribution >= 0.6 is 0 Å². The second-order valence-corrected chi connectivity index (χ2v) is 3.16. The lowest BCUT2D eigenvalue weighted by Crippen LogP contribution is -2.28. The third-order valence-electron chi connectivity index (χ3n) is 1.60. The van der Waals surface area contributed by atoms with Crippen LogP contribution in [-0.2, 0) is 9.59 Å². The van der Waals surface area contributed by atoms with Crippen LogP contribution in [0.1, 0.15) is 6.42 Å². The number of carbonyl (C=O) groups excluding carboxylic acids is 2. The molecule has 0 radical (unpaired) electrons. The standard InChI is InChI=1S/C9H17N3O2/c1-12(2)6-3-5-11-8(4-7-13)9(10)14/h4,7,11H,3,5-6H2,1-2H3,(H2,10,14). The Balaban J connectivity index is 3.79. The average molecular weight is 199 g/mol. The zero-order valence-electron chi connectivity index (χ0n) is 8.62. The maximum Gasteiger partial charge on any atom is 0.264 e. The van der Waals surface area contributed by atoms with E-state index in [1.54, 1.807) is 0 Å². The number of primary amides is 1. The van der Waals surface area contributed by atoms with Crippen molar-refractivity contribution in [3.05, 3.63) is 11.8 Å². The highest BCUT2D eigenvalue weighted by Gasteiger charge is 2.02. The molecule has 0 aromatic rings. The van der Waals surface area contributed by atoms with E-state index in [1.165, 1.54) is 0 Å². The van der Waals surface area contributed by atoms with Crippen molar-refractivity contribution in [2.24, 2.45) is 5.73 Å². The molecule has 0 atom stereocenters. The maximum atomic E-state index is 10.7. The van der Waals surface area contributed by atoms with Crippen molar-refractivity contribution in [1.82, 2.24) is 10.2 Å². The average Bonchev–Trinajstić information content (AvgIpc) is 2.09. The van der Waals surface area contributed by atoms with Gasteiger partial charge in [0, 0.05) is 12.6 Å². The lowest BCUT2D eigenvalue weighted by Gasteiger charge is -2.10. The first-order valence-corrected chi connectivity index (χ1v) is 4.41. The fourth-order valence-electron chi connectivity index (χ4n) is 0.915. The van der Waals surface area contributed by atoms with Gasteiger partial charge in [0.25, 0.3) is 5.91 Å². The molecule has 0 saturated heterocycles. The number of nitrogens with two attached hydrogens (primary N) is 1. The van der Waals surface area contributed by atoms with Gasteiger partial charge in [-0.15, -0.1) is 0 Å². The molecule has 5 heteroatoms. The quantitative estimate of drug-likeness (QED) is 0.316. The molecule has 1 amide bonds.